The number of phenolic OH excluding ortho intramolecular Hbond substituents is 1. The molecule has 8 heteroatoms. The Kier molecular flexibility index (Phi) is 8.25. The van der Waals surface area contributed by atoms with E-state index in [2.05, 4.69) is 10.3 Å². The van der Waals surface area contributed by atoms with Crippen molar-refractivity contribution in [3.05, 3.63) is 83.0 Å². The van der Waals surface area contributed by atoms with Crippen LogP contribution in [0.4, 0.5) is 4.79 Å². The third-order valence-corrected chi connectivity index (χ3v) is 5.41. The number of aliphatic hydroxyl groups is 1. The summed E-state index contributed by atoms with van der Waals surface area (Å²) in [4.78, 5) is 16.8. The number of rotatable bonds is 8. The summed E-state index contributed by atoms with van der Waals surface area (Å²) in [6.07, 6.45) is 0.454. The van der Waals surface area contributed by atoms with Crippen molar-refractivity contribution >= 4 is 17.7 Å². The minimum Gasteiger partial charge on any atom is -0.508 e. The van der Waals surface area contributed by atoms with Gasteiger partial charge in [0.2, 0.25) is 5.88 Å². The molecule has 1 amide bonds. The maximum Gasteiger partial charge on any atom is 0.408 e. The fourth-order valence-electron chi connectivity index (χ4n) is 3.68. The molecule has 1 heterocycles. The molecule has 0 radical (unpaired) electrons. The number of hydrogen-bond acceptors (Lipinski definition) is 6. The van der Waals surface area contributed by atoms with Gasteiger partial charge in [-0.2, -0.15) is 0 Å². The average Bonchev–Trinajstić information content (AvgIpc) is 2.75. The number of ether oxygens (including phenoxy) is 2. The Labute approximate surface area is 210 Å². The van der Waals surface area contributed by atoms with Gasteiger partial charge in [-0.15, -0.1) is 0 Å². The van der Waals surface area contributed by atoms with Gasteiger partial charge in [0.1, 0.15) is 17.1 Å². The van der Waals surface area contributed by atoms with Gasteiger partial charge in [-0.3, -0.25) is 0 Å². The molecule has 2 atom stereocenters. The number of pyridine rings is 1. The second-order valence-corrected chi connectivity index (χ2v) is 10.1. The number of nitrogens with zero attached hydrogens (tertiary/aromatic N) is 1. The number of halogens is 1. The minimum atomic E-state index is -0.967. The number of phenols is 1. The van der Waals surface area contributed by atoms with Crippen LogP contribution < -0.4 is 10.1 Å². The number of aromatic nitrogens is 1. The van der Waals surface area contributed by atoms with Gasteiger partial charge in [-0.05, 0) is 69.5 Å². The van der Waals surface area contributed by atoms with Gasteiger partial charge in [0.05, 0.1) is 6.10 Å². The zero-order valence-corrected chi connectivity index (χ0v) is 21.0. The zero-order valence-electron chi connectivity index (χ0n) is 20.3. The Morgan fingerprint density at radius 1 is 1.09 bits per heavy atom. The van der Waals surface area contributed by atoms with Crippen LogP contribution in [0.15, 0.2) is 66.9 Å². The summed E-state index contributed by atoms with van der Waals surface area (Å²) in [5, 5.41) is 25.1. The lowest BCUT2D eigenvalue weighted by molar-refractivity contribution is 0.0414. The second kappa shape index (κ2) is 11.0. The van der Waals surface area contributed by atoms with Crippen LogP contribution in [0.3, 0.4) is 0 Å². The molecule has 3 N–H and O–H groups in total. The highest BCUT2D eigenvalue weighted by Gasteiger charge is 2.33. The molecule has 0 aliphatic carbocycles. The fourth-order valence-corrected chi connectivity index (χ4v) is 3.88. The first-order chi connectivity index (χ1) is 16.4. The molecule has 7 nitrogen and oxygen atoms in total. The van der Waals surface area contributed by atoms with Crippen LogP contribution in [-0.4, -0.2) is 32.4 Å². The number of carbonyl (C=O) groups is 1. The fraction of sp³-hybridized carbons (Fsp3) is 0.333. The van der Waals surface area contributed by atoms with Gasteiger partial charge < -0.3 is 25.0 Å². The summed E-state index contributed by atoms with van der Waals surface area (Å²) in [5.74, 6) is 0.819. The van der Waals surface area contributed by atoms with Gasteiger partial charge in [-0.25, -0.2) is 9.78 Å². The first kappa shape index (κ1) is 26.3. The molecular formula is C27H31ClN2O5. The van der Waals surface area contributed by atoms with E-state index in [1.807, 2.05) is 0 Å². The highest BCUT2D eigenvalue weighted by Crippen LogP contribution is 2.33. The Bertz CT molecular complexity index is 1150. The maximum absolute atomic E-state index is 12.7. The van der Waals surface area contributed by atoms with Crippen LogP contribution in [0.25, 0.3) is 0 Å². The monoisotopic (exact) mass is 498 g/mol. The molecule has 0 bridgehead atoms. The van der Waals surface area contributed by atoms with E-state index in [0.717, 1.165) is 0 Å². The Hall–Kier alpha value is -3.29. The summed E-state index contributed by atoms with van der Waals surface area (Å²) in [6.45, 7) is 7.12. The van der Waals surface area contributed by atoms with Crippen LogP contribution in [0.5, 0.6) is 17.4 Å². The van der Waals surface area contributed by atoms with Crippen LogP contribution in [0, 0.1) is 0 Å². The predicted octanol–water partition coefficient (Wildman–Crippen LogP) is 6.18. The van der Waals surface area contributed by atoms with Gasteiger partial charge in [0.25, 0.3) is 0 Å². The molecule has 3 rings (SSSR count). The highest BCUT2D eigenvalue weighted by atomic mass is 35.5. The summed E-state index contributed by atoms with van der Waals surface area (Å²) >= 11 is 6.09. The van der Waals surface area contributed by atoms with Crippen molar-refractivity contribution in [2.45, 2.75) is 57.8 Å². The third kappa shape index (κ3) is 8.16. The number of nitrogens with one attached hydrogen (secondary N) is 1. The molecule has 1 aromatic heterocycles. The lowest BCUT2D eigenvalue weighted by Crippen LogP contribution is -2.50. The van der Waals surface area contributed by atoms with Crippen molar-refractivity contribution < 1.29 is 24.5 Å². The van der Waals surface area contributed by atoms with E-state index >= 15 is 0 Å². The Morgan fingerprint density at radius 2 is 1.86 bits per heavy atom. The van der Waals surface area contributed by atoms with Gasteiger partial charge in [-0.1, -0.05) is 35.9 Å². The smallest absolute Gasteiger partial charge is 0.408 e. The van der Waals surface area contributed by atoms with Crippen molar-refractivity contribution in [2.75, 3.05) is 0 Å². The zero-order chi connectivity index (χ0) is 25.6. The highest BCUT2D eigenvalue weighted by molar-refractivity contribution is 6.30. The molecular weight excluding hydrogens is 468 g/mol. The van der Waals surface area contributed by atoms with E-state index in [4.69, 9.17) is 21.1 Å². The van der Waals surface area contributed by atoms with Crippen molar-refractivity contribution in [2.24, 2.45) is 0 Å². The molecule has 0 saturated carbocycles. The second-order valence-electron chi connectivity index (χ2n) is 9.70. The van der Waals surface area contributed by atoms with Crippen LogP contribution in [0.2, 0.25) is 5.02 Å². The number of alkyl carbamates (subject to hydrolysis) is 1. The molecule has 0 fully saturated rings. The van der Waals surface area contributed by atoms with Crippen molar-refractivity contribution in [3.63, 3.8) is 0 Å². The molecule has 0 aliphatic rings. The van der Waals surface area contributed by atoms with E-state index in [0.29, 0.717) is 27.8 Å². The minimum absolute atomic E-state index is 0.00658. The predicted molar refractivity (Wildman–Crippen MR) is 135 cm³/mol. The molecule has 0 spiro atoms. The molecule has 0 saturated heterocycles. The number of carbonyl (C=O) groups excluding carboxylic acids is 1. The summed E-state index contributed by atoms with van der Waals surface area (Å²) in [5.41, 5.74) is -0.470. The van der Waals surface area contributed by atoms with Gasteiger partial charge in [0, 0.05) is 35.3 Å². The van der Waals surface area contributed by atoms with Gasteiger partial charge >= 0.3 is 6.09 Å². The topological polar surface area (TPSA) is 101 Å². The normalized spacial score (nSPS) is 14.0. The van der Waals surface area contributed by atoms with E-state index in [1.165, 1.54) is 6.07 Å². The number of amides is 1. The first-order valence-corrected chi connectivity index (χ1v) is 11.7. The molecule has 2 aromatic carbocycles. The van der Waals surface area contributed by atoms with E-state index < -0.39 is 23.3 Å². The van der Waals surface area contributed by atoms with E-state index in [-0.39, 0.29) is 18.6 Å². The SMILES string of the molecule is CC(Cc1ccc(Oc2ccccn2)cc1O)(C[C@@H](O)c1cccc(Cl)c1)NC(=O)OC(C)(C)C. The van der Waals surface area contributed by atoms with E-state index in [9.17, 15) is 15.0 Å². The maximum atomic E-state index is 12.7. The standard InChI is InChI=1S/C27H31ClN2O5/c1-26(2,3)35-25(33)30-27(4,17-23(32)18-8-7-9-20(28)14-18)16-19-11-12-21(15-22(19)31)34-24-10-5-6-13-29-24/h5-15,23,31-32H,16-17H2,1-4H3,(H,30,33)/t23-,27?/m1/s1. The number of benzene rings is 2. The van der Waals surface area contributed by atoms with Crippen LogP contribution in [0.1, 0.15) is 51.3 Å². The average molecular weight is 499 g/mol. The lowest BCUT2D eigenvalue weighted by atomic mass is 9.85. The van der Waals surface area contributed by atoms with E-state index in [1.54, 1.807) is 88.5 Å². The van der Waals surface area contributed by atoms with Crippen LogP contribution >= 0.6 is 11.6 Å². The molecule has 35 heavy (non-hydrogen) atoms. The Morgan fingerprint density at radius 3 is 2.49 bits per heavy atom. The molecule has 186 valence electrons. The molecule has 3 aromatic rings. The molecule has 1 unspecified atom stereocenters. The summed E-state index contributed by atoms with van der Waals surface area (Å²) < 4.78 is 11.1. The molecule has 0 aliphatic heterocycles. The number of aromatic hydroxyl groups is 1. The number of hydrogen-bond donors (Lipinski definition) is 3. The summed E-state index contributed by atoms with van der Waals surface area (Å²) in [7, 11) is 0. The first-order valence-electron chi connectivity index (χ1n) is 11.3. The third-order valence-electron chi connectivity index (χ3n) is 5.18. The van der Waals surface area contributed by atoms with Crippen molar-refractivity contribution in [1.82, 2.24) is 10.3 Å². The van der Waals surface area contributed by atoms with Crippen molar-refractivity contribution in [1.29, 1.82) is 0 Å². The number of aliphatic hydroxyl groups excluding tert-OH is 1. The summed E-state index contributed by atoms with van der Waals surface area (Å²) in [6, 6.07) is 17.1. The largest absolute Gasteiger partial charge is 0.508 e. The van der Waals surface area contributed by atoms with Crippen molar-refractivity contribution in [3.8, 4) is 17.4 Å². The lowest BCUT2D eigenvalue weighted by Gasteiger charge is -2.34. The van der Waals surface area contributed by atoms with Gasteiger partial charge in [0.15, 0.2) is 0 Å². The quantitative estimate of drug-likeness (QED) is 0.342. The Balaban J connectivity index is 1.83. The van der Waals surface area contributed by atoms with Crippen LogP contribution in [-0.2, 0) is 11.2 Å².